The van der Waals surface area contributed by atoms with E-state index in [4.69, 9.17) is 14.2 Å². The molecule has 0 aliphatic rings. The number of fused-ring (bicyclic) bond motifs is 1. The highest BCUT2D eigenvalue weighted by atomic mass is 32.1. The van der Waals surface area contributed by atoms with Crippen LogP contribution in [0.2, 0.25) is 0 Å². The molecule has 0 aliphatic heterocycles. The van der Waals surface area contributed by atoms with Crippen LogP contribution < -0.4 is 20.3 Å². The molecule has 0 bridgehead atoms. The van der Waals surface area contributed by atoms with Gasteiger partial charge in [0.25, 0.3) is 11.5 Å². The van der Waals surface area contributed by atoms with Gasteiger partial charge in [-0.05, 0) is 43.3 Å². The van der Waals surface area contributed by atoms with Gasteiger partial charge in [0.1, 0.15) is 16.5 Å². The minimum atomic E-state index is -0.669. The van der Waals surface area contributed by atoms with E-state index < -0.39 is 17.4 Å². The minimum absolute atomic E-state index is 0.0236. The molecule has 0 unspecified atom stereocenters. The molecule has 4 rings (SSSR count). The zero-order valence-corrected chi connectivity index (χ0v) is 19.3. The fourth-order valence-corrected chi connectivity index (χ4v) is 4.17. The number of anilines is 1. The number of ether oxygens (including phenoxy) is 3. The van der Waals surface area contributed by atoms with Gasteiger partial charge in [0, 0.05) is 10.8 Å². The number of hydrogen-bond acceptors (Lipinski definition) is 8. The van der Waals surface area contributed by atoms with Crippen LogP contribution in [0.25, 0.3) is 16.5 Å². The number of carbonyl (C=O) groups is 2. The average molecular weight is 480 g/mol. The van der Waals surface area contributed by atoms with Crippen molar-refractivity contribution in [3.05, 3.63) is 76.0 Å². The Hall–Kier alpha value is -4.18. The molecule has 10 heteroatoms. The van der Waals surface area contributed by atoms with Crippen molar-refractivity contribution >= 4 is 39.0 Å². The van der Waals surface area contributed by atoms with Crippen LogP contribution in [0.3, 0.4) is 0 Å². The van der Waals surface area contributed by atoms with Crippen LogP contribution in [0.1, 0.15) is 17.4 Å². The number of benzene rings is 2. The molecule has 2 heterocycles. The van der Waals surface area contributed by atoms with Crippen molar-refractivity contribution < 1.29 is 23.8 Å². The van der Waals surface area contributed by atoms with Crippen LogP contribution in [0.4, 0.5) is 5.00 Å². The molecule has 0 fully saturated rings. The first kappa shape index (κ1) is 23.0. The summed E-state index contributed by atoms with van der Waals surface area (Å²) in [6.45, 7) is 1.58. The molecule has 9 nitrogen and oxygen atoms in total. The van der Waals surface area contributed by atoms with E-state index >= 15 is 0 Å². The third-order valence-electron chi connectivity index (χ3n) is 4.80. The van der Waals surface area contributed by atoms with Crippen molar-refractivity contribution in [3.63, 3.8) is 0 Å². The average Bonchev–Trinajstić information content (AvgIpc) is 3.28. The summed E-state index contributed by atoms with van der Waals surface area (Å²) in [6.07, 6.45) is 0. The Morgan fingerprint density at radius 2 is 1.79 bits per heavy atom. The number of amides is 1. The fourth-order valence-electron chi connectivity index (χ4n) is 3.22. The molecule has 34 heavy (non-hydrogen) atoms. The molecule has 1 N–H and O–H groups in total. The van der Waals surface area contributed by atoms with Gasteiger partial charge in [-0.2, -0.15) is 9.78 Å². The predicted octanol–water partition coefficient (Wildman–Crippen LogP) is 3.65. The first-order valence-electron chi connectivity index (χ1n) is 10.4. The summed E-state index contributed by atoms with van der Waals surface area (Å²) >= 11 is 1.12. The van der Waals surface area contributed by atoms with Crippen molar-refractivity contribution in [2.45, 2.75) is 6.92 Å². The molecule has 1 amide bonds. The summed E-state index contributed by atoms with van der Waals surface area (Å²) in [5, 5.41) is 9.33. The standard InChI is InChI=1S/C24H21N3O6S/c1-3-32-24(30)21-18-14-34-22(25-19(28)13-33-17-7-5-4-6-8-17)20(18)23(29)27(26-21)15-9-11-16(31-2)12-10-15/h4-12,14H,3,13H2,1-2H3,(H,25,28). The predicted molar refractivity (Wildman–Crippen MR) is 128 cm³/mol. The number of thiophene rings is 1. The number of methoxy groups -OCH3 is 1. The molecule has 0 saturated heterocycles. The highest BCUT2D eigenvalue weighted by Crippen LogP contribution is 2.30. The molecule has 0 radical (unpaired) electrons. The number of nitrogens with zero attached hydrogens (tertiary/aromatic N) is 2. The number of esters is 1. The number of nitrogens with one attached hydrogen (secondary N) is 1. The molecule has 0 aliphatic carbocycles. The number of aromatic nitrogens is 2. The Balaban J connectivity index is 1.73. The van der Waals surface area contributed by atoms with Gasteiger partial charge in [0.05, 0.1) is 24.8 Å². The molecule has 4 aromatic rings. The number of para-hydroxylation sites is 1. The van der Waals surface area contributed by atoms with Crippen LogP contribution >= 0.6 is 11.3 Å². The largest absolute Gasteiger partial charge is 0.497 e. The Morgan fingerprint density at radius 3 is 2.47 bits per heavy atom. The molecular formula is C24H21N3O6S. The number of carbonyl (C=O) groups excluding carboxylic acids is 2. The Kier molecular flexibility index (Phi) is 6.88. The zero-order valence-electron chi connectivity index (χ0n) is 18.4. The molecule has 2 aromatic heterocycles. The van der Waals surface area contributed by atoms with E-state index in [1.807, 2.05) is 6.07 Å². The van der Waals surface area contributed by atoms with Crippen LogP contribution in [-0.4, -0.2) is 42.0 Å². The molecular weight excluding hydrogens is 458 g/mol. The second-order valence-corrected chi connectivity index (χ2v) is 7.87. The molecule has 0 saturated carbocycles. The van der Waals surface area contributed by atoms with Gasteiger partial charge < -0.3 is 19.5 Å². The minimum Gasteiger partial charge on any atom is -0.497 e. The maximum atomic E-state index is 13.4. The highest BCUT2D eigenvalue weighted by molar-refractivity contribution is 7.16. The number of hydrogen-bond donors (Lipinski definition) is 1. The first-order valence-corrected chi connectivity index (χ1v) is 11.2. The normalized spacial score (nSPS) is 10.6. The Labute approximate surface area is 198 Å². The van der Waals surface area contributed by atoms with Crippen LogP contribution in [0.15, 0.2) is 64.8 Å². The van der Waals surface area contributed by atoms with Crippen molar-refractivity contribution in [2.75, 3.05) is 25.6 Å². The van der Waals surface area contributed by atoms with Crippen molar-refractivity contribution in [2.24, 2.45) is 0 Å². The lowest BCUT2D eigenvalue weighted by atomic mass is 10.2. The van der Waals surface area contributed by atoms with Gasteiger partial charge in [-0.25, -0.2) is 4.79 Å². The van der Waals surface area contributed by atoms with Gasteiger partial charge in [-0.1, -0.05) is 18.2 Å². The molecule has 2 aromatic carbocycles. The lowest BCUT2D eigenvalue weighted by Crippen LogP contribution is -2.26. The van der Waals surface area contributed by atoms with Gasteiger partial charge >= 0.3 is 5.97 Å². The maximum absolute atomic E-state index is 13.4. The summed E-state index contributed by atoms with van der Waals surface area (Å²) < 4.78 is 16.9. The summed E-state index contributed by atoms with van der Waals surface area (Å²) in [5.41, 5.74) is -0.0903. The van der Waals surface area contributed by atoms with Crippen molar-refractivity contribution in [3.8, 4) is 17.2 Å². The summed E-state index contributed by atoms with van der Waals surface area (Å²) in [5.74, 6) is 0.0325. The SMILES string of the molecule is CCOC(=O)c1nn(-c2ccc(OC)cc2)c(=O)c2c(NC(=O)COc3ccccc3)scc12. The van der Waals surface area contributed by atoms with Gasteiger partial charge in [-0.15, -0.1) is 11.3 Å². The van der Waals surface area contributed by atoms with E-state index in [1.165, 1.54) is 7.11 Å². The van der Waals surface area contributed by atoms with E-state index in [1.54, 1.807) is 60.8 Å². The number of rotatable bonds is 8. The smallest absolute Gasteiger partial charge is 0.359 e. The highest BCUT2D eigenvalue weighted by Gasteiger charge is 2.23. The quantitative estimate of drug-likeness (QED) is 0.384. The van der Waals surface area contributed by atoms with E-state index in [0.29, 0.717) is 22.6 Å². The van der Waals surface area contributed by atoms with Crippen molar-refractivity contribution in [1.29, 1.82) is 0 Å². The van der Waals surface area contributed by atoms with Crippen molar-refractivity contribution in [1.82, 2.24) is 9.78 Å². The van der Waals surface area contributed by atoms with E-state index in [0.717, 1.165) is 16.0 Å². The van der Waals surface area contributed by atoms with Gasteiger partial charge in [-0.3, -0.25) is 9.59 Å². The maximum Gasteiger partial charge on any atom is 0.359 e. The Bertz CT molecular complexity index is 1380. The summed E-state index contributed by atoms with van der Waals surface area (Å²) in [6, 6.07) is 15.5. The van der Waals surface area contributed by atoms with Crippen LogP contribution in [-0.2, 0) is 9.53 Å². The topological polar surface area (TPSA) is 109 Å². The summed E-state index contributed by atoms with van der Waals surface area (Å²) in [4.78, 5) is 38.5. The summed E-state index contributed by atoms with van der Waals surface area (Å²) in [7, 11) is 1.53. The zero-order chi connectivity index (χ0) is 24.1. The van der Waals surface area contributed by atoms with Crippen LogP contribution in [0.5, 0.6) is 11.5 Å². The monoisotopic (exact) mass is 479 g/mol. The third kappa shape index (κ3) is 4.76. The molecule has 0 atom stereocenters. The lowest BCUT2D eigenvalue weighted by Gasteiger charge is -2.10. The van der Waals surface area contributed by atoms with Gasteiger partial charge in [0.2, 0.25) is 0 Å². The lowest BCUT2D eigenvalue weighted by molar-refractivity contribution is -0.118. The molecule has 174 valence electrons. The second kappa shape index (κ2) is 10.2. The van der Waals surface area contributed by atoms with E-state index in [9.17, 15) is 14.4 Å². The van der Waals surface area contributed by atoms with E-state index in [2.05, 4.69) is 10.4 Å². The third-order valence-corrected chi connectivity index (χ3v) is 5.70. The van der Waals surface area contributed by atoms with E-state index in [-0.39, 0.29) is 29.3 Å². The Morgan fingerprint density at radius 1 is 1.06 bits per heavy atom. The molecule has 0 spiro atoms. The van der Waals surface area contributed by atoms with Crippen LogP contribution in [0, 0.1) is 0 Å². The van der Waals surface area contributed by atoms with Gasteiger partial charge in [0.15, 0.2) is 12.3 Å². The second-order valence-electron chi connectivity index (χ2n) is 6.99. The fraction of sp³-hybridized carbons (Fsp3) is 0.167. The first-order chi connectivity index (χ1) is 16.5.